The van der Waals surface area contributed by atoms with E-state index in [-0.39, 0.29) is 12.5 Å². The molecule has 1 aliphatic carbocycles. The molecular formula is C15H29N3O2S. The zero-order valence-electron chi connectivity index (χ0n) is 13.9. The third kappa shape index (κ3) is 7.60. The average molecular weight is 315 g/mol. The maximum Gasteiger partial charge on any atom is 0.328 e. The fourth-order valence-electron chi connectivity index (χ4n) is 2.32. The Morgan fingerprint density at radius 2 is 2.10 bits per heavy atom. The first-order chi connectivity index (χ1) is 9.84. The SMILES string of the molecule is CCNC(=NCC(=O)OC(C)(C)C)NC1CCC(SC)C1. The van der Waals surface area contributed by atoms with E-state index < -0.39 is 5.60 Å². The molecule has 1 fully saturated rings. The lowest BCUT2D eigenvalue weighted by Gasteiger charge is -2.20. The smallest absolute Gasteiger partial charge is 0.328 e. The van der Waals surface area contributed by atoms with Crippen molar-refractivity contribution in [3.63, 3.8) is 0 Å². The summed E-state index contributed by atoms with van der Waals surface area (Å²) in [6.45, 7) is 8.42. The van der Waals surface area contributed by atoms with Crippen molar-refractivity contribution >= 4 is 23.7 Å². The van der Waals surface area contributed by atoms with Crippen LogP contribution in [0.4, 0.5) is 0 Å². The van der Waals surface area contributed by atoms with Crippen LogP contribution in [0.2, 0.25) is 0 Å². The van der Waals surface area contributed by atoms with Crippen LogP contribution in [0.15, 0.2) is 4.99 Å². The van der Waals surface area contributed by atoms with Crippen molar-refractivity contribution in [2.24, 2.45) is 4.99 Å². The molecule has 0 spiro atoms. The van der Waals surface area contributed by atoms with Crippen LogP contribution in [-0.2, 0) is 9.53 Å². The van der Waals surface area contributed by atoms with E-state index in [1.54, 1.807) is 0 Å². The number of rotatable bonds is 5. The van der Waals surface area contributed by atoms with E-state index in [9.17, 15) is 4.79 Å². The van der Waals surface area contributed by atoms with E-state index in [4.69, 9.17) is 4.74 Å². The Hall–Kier alpha value is -0.910. The molecule has 2 atom stereocenters. The normalized spacial score (nSPS) is 23.0. The monoisotopic (exact) mass is 315 g/mol. The Balaban J connectivity index is 2.48. The third-order valence-corrected chi connectivity index (χ3v) is 4.28. The van der Waals surface area contributed by atoms with Crippen LogP contribution < -0.4 is 10.6 Å². The molecular weight excluding hydrogens is 286 g/mol. The van der Waals surface area contributed by atoms with Gasteiger partial charge in [0.2, 0.25) is 0 Å². The molecule has 0 bridgehead atoms. The Morgan fingerprint density at radius 3 is 2.62 bits per heavy atom. The summed E-state index contributed by atoms with van der Waals surface area (Å²) in [4.78, 5) is 16.0. The molecule has 0 heterocycles. The predicted octanol–water partition coefficient (Wildman–Crippen LogP) is 2.17. The Labute approximate surface area is 132 Å². The number of aliphatic imine (C=N–C) groups is 1. The van der Waals surface area contributed by atoms with E-state index in [1.807, 2.05) is 39.5 Å². The lowest BCUT2D eigenvalue weighted by Crippen LogP contribution is -2.43. The van der Waals surface area contributed by atoms with Crippen molar-refractivity contribution in [3.8, 4) is 0 Å². The first kappa shape index (κ1) is 18.1. The van der Waals surface area contributed by atoms with E-state index in [2.05, 4.69) is 21.9 Å². The average Bonchev–Trinajstić information content (AvgIpc) is 2.82. The second-order valence-electron chi connectivity index (χ2n) is 6.29. The van der Waals surface area contributed by atoms with Crippen LogP contribution in [0.5, 0.6) is 0 Å². The summed E-state index contributed by atoms with van der Waals surface area (Å²) >= 11 is 1.93. The summed E-state index contributed by atoms with van der Waals surface area (Å²) in [5, 5.41) is 7.33. The van der Waals surface area contributed by atoms with E-state index in [0.717, 1.165) is 24.6 Å². The lowest BCUT2D eigenvalue weighted by molar-refractivity contribution is -0.152. The van der Waals surface area contributed by atoms with Gasteiger partial charge in [0.1, 0.15) is 12.1 Å². The van der Waals surface area contributed by atoms with Crippen molar-refractivity contribution in [1.82, 2.24) is 10.6 Å². The highest BCUT2D eigenvalue weighted by Gasteiger charge is 2.24. The van der Waals surface area contributed by atoms with Crippen molar-refractivity contribution in [1.29, 1.82) is 0 Å². The molecule has 0 amide bonds. The standard InChI is InChI=1S/C15H29N3O2S/c1-6-16-14(17-10-13(19)20-15(2,3)4)18-11-7-8-12(9-11)21-5/h11-12H,6-10H2,1-5H3,(H2,16,17,18). The van der Waals surface area contributed by atoms with Gasteiger partial charge in [-0.05, 0) is 53.2 Å². The van der Waals surface area contributed by atoms with Gasteiger partial charge in [0.25, 0.3) is 0 Å². The first-order valence-corrected chi connectivity index (χ1v) is 8.92. The summed E-state index contributed by atoms with van der Waals surface area (Å²) in [5.74, 6) is 0.406. The summed E-state index contributed by atoms with van der Waals surface area (Å²) in [7, 11) is 0. The number of nitrogens with zero attached hydrogens (tertiary/aromatic N) is 1. The van der Waals surface area contributed by atoms with E-state index >= 15 is 0 Å². The summed E-state index contributed by atoms with van der Waals surface area (Å²) in [5.41, 5.74) is -0.463. The molecule has 0 aliphatic heterocycles. The van der Waals surface area contributed by atoms with Gasteiger partial charge in [0, 0.05) is 17.8 Å². The van der Waals surface area contributed by atoms with Gasteiger partial charge in [0.05, 0.1) is 0 Å². The molecule has 0 radical (unpaired) electrons. The van der Waals surface area contributed by atoms with Gasteiger partial charge < -0.3 is 15.4 Å². The van der Waals surface area contributed by atoms with Gasteiger partial charge in [-0.2, -0.15) is 11.8 Å². The number of hydrogen-bond acceptors (Lipinski definition) is 4. The summed E-state index contributed by atoms with van der Waals surface area (Å²) in [6, 6.07) is 0.443. The molecule has 2 unspecified atom stereocenters. The second kappa shape index (κ2) is 8.51. The van der Waals surface area contributed by atoms with Crippen molar-refractivity contribution < 1.29 is 9.53 Å². The predicted molar refractivity (Wildman–Crippen MR) is 89.9 cm³/mol. The minimum atomic E-state index is -0.463. The zero-order valence-corrected chi connectivity index (χ0v) is 14.7. The molecule has 0 aromatic carbocycles. The molecule has 1 saturated carbocycles. The molecule has 0 saturated heterocycles. The van der Waals surface area contributed by atoms with Crippen molar-refractivity contribution in [2.45, 2.75) is 63.9 Å². The highest BCUT2D eigenvalue weighted by Crippen LogP contribution is 2.27. The highest BCUT2D eigenvalue weighted by atomic mass is 32.2. The fraction of sp³-hybridized carbons (Fsp3) is 0.867. The maximum absolute atomic E-state index is 11.7. The lowest BCUT2D eigenvalue weighted by atomic mass is 10.2. The molecule has 0 aromatic rings. The fourth-order valence-corrected chi connectivity index (χ4v) is 3.11. The number of carbonyl (C=O) groups excluding carboxylic acids is 1. The Morgan fingerprint density at radius 1 is 1.38 bits per heavy atom. The number of ether oxygens (including phenoxy) is 1. The van der Waals surface area contributed by atoms with Crippen LogP contribution >= 0.6 is 11.8 Å². The highest BCUT2D eigenvalue weighted by molar-refractivity contribution is 7.99. The van der Waals surface area contributed by atoms with Crippen LogP contribution in [0.25, 0.3) is 0 Å². The quantitative estimate of drug-likeness (QED) is 0.462. The second-order valence-corrected chi connectivity index (χ2v) is 7.43. The van der Waals surface area contributed by atoms with Gasteiger partial charge in [-0.25, -0.2) is 4.99 Å². The summed E-state index contributed by atoms with van der Waals surface area (Å²) < 4.78 is 5.27. The van der Waals surface area contributed by atoms with Gasteiger partial charge >= 0.3 is 5.97 Å². The minimum Gasteiger partial charge on any atom is -0.459 e. The van der Waals surface area contributed by atoms with Crippen LogP contribution in [-0.4, -0.2) is 48.2 Å². The number of nitrogens with one attached hydrogen (secondary N) is 2. The van der Waals surface area contributed by atoms with Crippen LogP contribution in [0.3, 0.4) is 0 Å². The minimum absolute atomic E-state index is 0.0469. The molecule has 1 aliphatic rings. The number of esters is 1. The molecule has 122 valence electrons. The zero-order chi connectivity index (χ0) is 15.9. The third-order valence-electron chi connectivity index (χ3n) is 3.19. The molecule has 21 heavy (non-hydrogen) atoms. The topological polar surface area (TPSA) is 62.7 Å². The molecule has 0 aromatic heterocycles. The number of guanidine groups is 1. The summed E-state index contributed by atoms with van der Waals surface area (Å²) in [6.07, 6.45) is 5.71. The van der Waals surface area contributed by atoms with Gasteiger partial charge in [-0.1, -0.05) is 0 Å². The Kier molecular flexibility index (Phi) is 7.35. The van der Waals surface area contributed by atoms with E-state index in [1.165, 1.54) is 6.42 Å². The van der Waals surface area contributed by atoms with Gasteiger partial charge in [-0.15, -0.1) is 0 Å². The van der Waals surface area contributed by atoms with Crippen LogP contribution in [0, 0.1) is 0 Å². The number of carbonyl (C=O) groups is 1. The van der Waals surface area contributed by atoms with Gasteiger partial charge in [0.15, 0.2) is 5.96 Å². The maximum atomic E-state index is 11.7. The number of hydrogen-bond donors (Lipinski definition) is 2. The van der Waals surface area contributed by atoms with Crippen LogP contribution in [0.1, 0.15) is 47.0 Å². The van der Waals surface area contributed by atoms with Gasteiger partial charge in [-0.3, -0.25) is 4.79 Å². The van der Waals surface area contributed by atoms with Crippen molar-refractivity contribution in [2.75, 3.05) is 19.3 Å². The van der Waals surface area contributed by atoms with E-state index in [0.29, 0.717) is 12.0 Å². The largest absolute Gasteiger partial charge is 0.459 e. The molecule has 6 heteroatoms. The first-order valence-electron chi connectivity index (χ1n) is 7.63. The Bertz CT molecular complexity index is 366. The van der Waals surface area contributed by atoms with Crippen molar-refractivity contribution in [3.05, 3.63) is 0 Å². The number of thioether (sulfide) groups is 1. The molecule has 5 nitrogen and oxygen atoms in total. The molecule has 2 N–H and O–H groups in total. The molecule has 1 rings (SSSR count).